The quantitative estimate of drug-likeness (QED) is 0.525. The molecule has 0 unspecified atom stereocenters. The van der Waals surface area contributed by atoms with E-state index in [0.29, 0.717) is 31.0 Å². The zero-order valence-electron chi connectivity index (χ0n) is 18.4. The molecular weight excluding hydrogens is 415 g/mol. The van der Waals surface area contributed by atoms with E-state index in [1.54, 1.807) is 24.1 Å². The van der Waals surface area contributed by atoms with Crippen molar-refractivity contribution < 1.29 is 18.7 Å². The van der Waals surface area contributed by atoms with E-state index in [4.69, 9.17) is 4.74 Å². The van der Waals surface area contributed by atoms with Gasteiger partial charge in [-0.1, -0.05) is 38.1 Å². The van der Waals surface area contributed by atoms with E-state index in [1.165, 1.54) is 23.9 Å². The number of ether oxygens (including phenoxy) is 1. The van der Waals surface area contributed by atoms with Gasteiger partial charge in [-0.05, 0) is 48.2 Å². The molecule has 31 heavy (non-hydrogen) atoms. The van der Waals surface area contributed by atoms with Crippen LogP contribution in [0.3, 0.4) is 0 Å². The molecule has 7 heteroatoms. The molecule has 2 aromatic rings. The zero-order valence-corrected chi connectivity index (χ0v) is 19.2. The van der Waals surface area contributed by atoms with Crippen LogP contribution in [0.15, 0.2) is 48.5 Å². The SMILES string of the molecule is CCCNC(=O)[C@H](CC)N(Cc1cccc(OC)c1)C(=O)CSCc1ccc(F)cc1. The highest BCUT2D eigenvalue weighted by Crippen LogP contribution is 2.20. The third-order valence-corrected chi connectivity index (χ3v) is 5.82. The minimum absolute atomic E-state index is 0.103. The third-order valence-electron chi connectivity index (χ3n) is 4.83. The molecule has 0 aliphatic rings. The smallest absolute Gasteiger partial charge is 0.242 e. The maximum atomic E-state index is 13.2. The second kappa shape index (κ2) is 13.0. The van der Waals surface area contributed by atoms with Crippen molar-refractivity contribution in [1.29, 1.82) is 0 Å². The minimum Gasteiger partial charge on any atom is -0.497 e. The topological polar surface area (TPSA) is 58.6 Å². The summed E-state index contributed by atoms with van der Waals surface area (Å²) in [6, 6.07) is 13.2. The molecule has 0 heterocycles. The Morgan fingerprint density at radius 1 is 1.13 bits per heavy atom. The fourth-order valence-electron chi connectivity index (χ4n) is 3.17. The van der Waals surface area contributed by atoms with Crippen molar-refractivity contribution in [2.45, 2.75) is 45.0 Å². The molecular formula is C24H31FN2O3S. The van der Waals surface area contributed by atoms with Crippen LogP contribution in [0.4, 0.5) is 4.39 Å². The molecule has 0 bridgehead atoms. The summed E-state index contributed by atoms with van der Waals surface area (Å²) in [6.45, 7) is 4.81. The molecule has 1 atom stereocenters. The molecule has 1 N–H and O–H groups in total. The molecule has 2 amide bonds. The number of amides is 2. The highest BCUT2D eigenvalue weighted by Gasteiger charge is 2.28. The normalized spacial score (nSPS) is 11.6. The van der Waals surface area contributed by atoms with E-state index in [1.807, 2.05) is 38.1 Å². The van der Waals surface area contributed by atoms with Gasteiger partial charge in [-0.25, -0.2) is 4.39 Å². The number of carbonyl (C=O) groups is 2. The predicted molar refractivity (Wildman–Crippen MR) is 123 cm³/mol. The second-order valence-corrected chi connectivity index (χ2v) is 8.19. The summed E-state index contributed by atoms with van der Waals surface area (Å²) >= 11 is 1.45. The summed E-state index contributed by atoms with van der Waals surface area (Å²) in [5.74, 6) is 1.02. The van der Waals surface area contributed by atoms with Crippen LogP contribution in [-0.4, -0.2) is 42.2 Å². The number of benzene rings is 2. The summed E-state index contributed by atoms with van der Waals surface area (Å²) in [6.07, 6.45) is 1.35. The van der Waals surface area contributed by atoms with Crippen molar-refractivity contribution in [1.82, 2.24) is 10.2 Å². The molecule has 0 radical (unpaired) electrons. The molecule has 5 nitrogen and oxygen atoms in total. The standard InChI is InChI=1S/C24H31FN2O3S/c1-4-13-26-24(29)22(5-2)27(15-19-7-6-8-21(14-19)30-3)23(28)17-31-16-18-9-11-20(25)12-10-18/h6-12,14,22H,4-5,13,15-17H2,1-3H3,(H,26,29)/t22-/m0/s1. The number of nitrogens with one attached hydrogen (secondary N) is 1. The highest BCUT2D eigenvalue weighted by atomic mass is 32.2. The van der Waals surface area contributed by atoms with Gasteiger partial charge in [-0.15, -0.1) is 11.8 Å². The Bertz CT molecular complexity index is 845. The first kappa shape index (κ1) is 24.7. The van der Waals surface area contributed by atoms with Crippen LogP contribution in [0.25, 0.3) is 0 Å². The first-order valence-corrected chi connectivity index (χ1v) is 11.7. The van der Waals surface area contributed by atoms with Gasteiger partial charge in [-0.3, -0.25) is 9.59 Å². The van der Waals surface area contributed by atoms with Crippen molar-refractivity contribution in [2.24, 2.45) is 0 Å². The van der Waals surface area contributed by atoms with E-state index in [-0.39, 0.29) is 23.4 Å². The monoisotopic (exact) mass is 446 g/mol. The van der Waals surface area contributed by atoms with E-state index in [9.17, 15) is 14.0 Å². The number of halogens is 1. The lowest BCUT2D eigenvalue weighted by Crippen LogP contribution is -2.49. The lowest BCUT2D eigenvalue weighted by Gasteiger charge is -2.30. The Labute approximate surface area is 188 Å². The van der Waals surface area contributed by atoms with Crippen molar-refractivity contribution in [3.8, 4) is 5.75 Å². The van der Waals surface area contributed by atoms with Crippen LogP contribution in [0.5, 0.6) is 5.75 Å². The van der Waals surface area contributed by atoms with Gasteiger partial charge in [0.2, 0.25) is 11.8 Å². The van der Waals surface area contributed by atoms with Crippen molar-refractivity contribution >= 4 is 23.6 Å². The number of nitrogens with zero attached hydrogens (tertiary/aromatic N) is 1. The summed E-state index contributed by atoms with van der Waals surface area (Å²) in [5.41, 5.74) is 1.85. The van der Waals surface area contributed by atoms with Crippen LogP contribution < -0.4 is 10.1 Å². The van der Waals surface area contributed by atoms with E-state index in [0.717, 1.165) is 17.5 Å². The van der Waals surface area contributed by atoms with Crippen molar-refractivity contribution in [3.05, 3.63) is 65.5 Å². The minimum atomic E-state index is -0.545. The molecule has 0 aliphatic carbocycles. The fourth-order valence-corrected chi connectivity index (χ4v) is 4.04. The molecule has 2 aromatic carbocycles. The van der Waals surface area contributed by atoms with Gasteiger partial charge in [0, 0.05) is 18.8 Å². The lowest BCUT2D eigenvalue weighted by atomic mass is 10.1. The second-order valence-electron chi connectivity index (χ2n) is 7.21. The summed E-state index contributed by atoms with van der Waals surface area (Å²) in [7, 11) is 1.60. The van der Waals surface area contributed by atoms with Gasteiger partial charge in [0.1, 0.15) is 17.6 Å². The van der Waals surface area contributed by atoms with Gasteiger partial charge >= 0.3 is 0 Å². The number of hydrogen-bond donors (Lipinski definition) is 1. The van der Waals surface area contributed by atoms with Gasteiger partial charge in [0.05, 0.1) is 12.9 Å². The van der Waals surface area contributed by atoms with E-state index >= 15 is 0 Å². The van der Waals surface area contributed by atoms with Gasteiger partial charge in [0.15, 0.2) is 0 Å². The maximum absolute atomic E-state index is 13.2. The Morgan fingerprint density at radius 3 is 2.52 bits per heavy atom. The number of thioether (sulfide) groups is 1. The molecule has 0 aromatic heterocycles. The summed E-state index contributed by atoms with van der Waals surface area (Å²) < 4.78 is 18.4. The molecule has 0 aliphatic heterocycles. The van der Waals surface area contributed by atoms with Crippen LogP contribution >= 0.6 is 11.8 Å². The van der Waals surface area contributed by atoms with Gasteiger partial charge < -0.3 is 15.0 Å². The average Bonchev–Trinajstić information content (AvgIpc) is 2.78. The molecule has 0 spiro atoms. The molecule has 0 saturated heterocycles. The number of methoxy groups -OCH3 is 1. The first-order chi connectivity index (χ1) is 15.0. The van der Waals surface area contributed by atoms with E-state index in [2.05, 4.69) is 5.32 Å². The Hall–Kier alpha value is -2.54. The number of rotatable bonds is 12. The van der Waals surface area contributed by atoms with Gasteiger partial charge in [-0.2, -0.15) is 0 Å². The van der Waals surface area contributed by atoms with Gasteiger partial charge in [0.25, 0.3) is 0 Å². The molecule has 168 valence electrons. The first-order valence-electron chi connectivity index (χ1n) is 10.5. The Kier molecular flexibility index (Phi) is 10.4. The maximum Gasteiger partial charge on any atom is 0.242 e. The highest BCUT2D eigenvalue weighted by molar-refractivity contribution is 7.99. The summed E-state index contributed by atoms with van der Waals surface area (Å²) in [5, 5.41) is 2.91. The molecule has 2 rings (SSSR count). The van der Waals surface area contributed by atoms with Crippen molar-refractivity contribution in [2.75, 3.05) is 19.4 Å². The number of hydrogen-bond acceptors (Lipinski definition) is 4. The lowest BCUT2D eigenvalue weighted by molar-refractivity contribution is -0.139. The summed E-state index contributed by atoms with van der Waals surface area (Å²) in [4.78, 5) is 27.6. The largest absolute Gasteiger partial charge is 0.497 e. The van der Waals surface area contributed by atoms with Crippen LogP contribution in [0.1, 0.15) is 37.8 Å². The third kappa shape index (κ3) is 7.90. The molecule has 0 saturated carbocycles. The number of carbonyl (C=O) groups excluding carboxylic acids is 2. The Morgan fingerprint density at radius 2 is 1.87 bits per heavy atom. The van der Waals surface area contributed by atoms with Crippen LogP contribution in [-0.2, 0) is 21.9 Å². The molecule has 0 fully saturated rings. The Balaban J connectivity index is 2.12. The van der Waals surface area contributed by atoms with Crippen LogP contribution in [0, 0.1) is 5.82 Å². The van der Waals surface area contributed by atoms with E-state index < -0.39 is 6.04 Å². The fraction of sp³-hybridized carbons (Fsp3) is 0.417. The zero-order chi connectivity index (χ0) is 22.6. The average molecular weight is 447 g/mol. The predicted octanol–water partition coefficient (Wildman–Crippen LogP) is 4.40. The van der Waals surface area contributed by atoms with Crippen molar-refractivity contribution in [3.63, 3.8) is 0 Å². The van der Waals surface area contributed by atoms with Crippen LogP contribution in [0.2, 0.25) is 0 Å².